The van der Waals surface area contributed by atoms with Gasteiger partial charge in [0, 0.05) is 17.8 Å². The fourth-order valence-corrected chi connectivity index (χ4v) is 1.32. The maximum atomic E-state index is 5.10. The Balaban J connectivity index is 2.81. The van der Waals surface area contributed by atoms with Crippen molar-refractivity contribution >= 4 is 10.9 Å². The van der Waals surface area contributed by atoms with Crippen LogP contribution in [-0.2, 0) is 0 Å². The van der Waals surface area contributed by atoms with Gasteiger partial charge in [0.05, 0.1) is 7.11 Å². The van der Waals surface area contributed by atoms with Crippen molar-refractivity contribution in [3.05, 3.63) is 24.0 Å². The van der Waals surface area contributed by atoms with E-state index in [9.17, 15) is 0 Å². The molecule has 0 spiro atoms. The molecule has 0 aromatic carbocycles. The molecule has 2 rings (SSSR count). The van der Waals surface area contributed by atoms with E-state index in [0.29, 0.717) is 5.88 Å². The maximum Gasteiger partial charge on any atom is 0.238 e. The van der Waals surface area contributed by atoms with Crippen molar-refractivity contribution in [3.63, 3.8) is 0 Å². The fraction of sp³-hybridized carbons (Fsp3) is 0.222. The highest BCUT2D eigenvalue weighted by atomic mass is 16.5. The molecule has 3 nitrogen and oxygen atoms in total. The van der Waals surface area contributed by atoms with Crippen molar-refractivity contribution in [2.75, 3.05) is 7.11 Å². The van der Waals surface area contributed by atoms with Crippen molar-refractivity contribution in [2.24, 2.45) is 0 Å². The van der Waals surface area contributed by atoms with Gasteiger partial charge in [-0.2, -0.15) is 0 Å². The molecule has 0 atom stereocenters. The van der Waals surface area contributed by atoms with Gasteiger partial charge < -0.3 is 9.72 Å². The molecule has 0 fully saturated rings. The van der Waals surface area contributed by atoms with Crippen LogP contribution < -0.4 is 4.74 Å². The van der Waals surface area contributed by atoms with Crippen molar-refractivity contribution in [2.45, 2.75) is 6.92 Å². The van der Waals surface area contributed by atoms with Crippen LogP contribution in [0.4, 0.5) is 0 Å². The summed E-state index contributed by atoms with van der Waals surface area (Å²) in [6.07, 6.45) is 3.71. The van der Waals surface area contributed by atoms with Gasteiger partial charge in [-0.25, -0.2) is 4.98 Å². The van der Waals surface area contributed by atoms with Gasteiger partial charge in [-0.3, -0.25) is 0 Å². The Morgan fingerprint density at radius 1 is 1.50 bits per heavy atom. The summed E-state index contributed by atoms with van der Waals surface area (Å²) in [7, 11) is 1.62. The minimum Gasteiger partial charge on any atom is -0.479 e. The van der Waals surface area contributed by atoms with Crippen LogP contribution in [0.5, 0.6) is 5.88 Å². The van der Waals surface area contributed by atoms with E-state index in [1.165, 1.54) is 10.9 Å². The lowest BCUT2D eigenvalue weighted by Crippen LogP contribution is -1.87. The lowest BCUT2D eigenvalue weighted by molar-refractivity contribution is 0.402. The molecule has 0 aliphatic rings. The van der Waals surface area contributed by atoms with E-state index >= 15 is 0 Å². The monoisotopic (exact) mass is 162 g/mol. The lowest BCUT2D eigenvalue weighted by atomic mass is 10.2. The molecular formula is C9H10N2O. The third kappa shape index (κ3) is 0.863. The van der Waals surface area contributed by atoms with Gasteiger partial charge in [0.2, 0.25) is 5.88 Å². The van der Waals surface area contributed by atoms with Gasteiger partial charge in [-0.05, 0) is 18.6 Å². The van der Waals surface area contributed by atoms with Gasteiger partial charge >= 0.3 is 0 Å². The van der Waals surface area contributed by atoms with Gasteiger partial charge in [0.15, 0.2) is 0 Å². The van der Waals surface area contributed by atoms with Crippen LogP contribution in [0.1, 0.15) is 5.56 Å². The molecule has 0 unspecified atom stereocenters. The maximum absolute atomic E-state index is 5.10. The van der Waals surface area contributed by atoms with Crippen LogP contribution in [0.2, 0.25) is 0 Å². The Morgan fingerprint density at radius 2 is 2.33 bits per heavy atom. The SMILES string of the molecule is COc1nccc2c(C)c[nH]c12. The minimum absolute atomic E-state index is 0.653. The highest BCUT2D eigenvalue weighted by molar-refractivity contribution is 5.86. The van der Waals surface area contributed by atoms with Crippen LogP contribution in [0, 0.1) is 6.92 Å². The van der Waals surface area contributed by atoms with E-state index < -0.39 is 0 Å². The van der Waals surface area contributed by atoms with Crippen molar-refractivity contribution in [3.8, 4) is 5.88 Å². The van der Waals surface area contributed by atoms with Crippen molar-refractivity contribution in [1.82, 2.24) is 9.97 Å². The van der Waals surface area contributed by atoms with Crippen molar-refractivity contribution in [1.29, 1.82) is 0 Å². The molecule has 0 amide bonds. The van der Waals surface area contributed by atoms with Gasteiger partial charge in [-0.15, -0.1) is 0 Å². The number of aromatic amines is 1. The van der Waals surface area contributed by atoms with Gasteiger partial charge in [-0.1, -0.05) is 0 Å². The summed E-state index contributed by atoms with van der Waals surface area (Å²) in [5.74, 6) is 0.653. The fourth-order valence-electron chi connectivity index (χ4n) is 1.32. The second kappa shape index (κ2) is 2.52. The smallest absolute Gasteiger partial charge is 0.238 e. The third-order valence-corrected chi connectivity index (χ3v) is 1.97. The van der Waals surface area contributed by atoms with Crippen LogP contribution in [0.3, 0.4) is 0 Å². The molecule has 0 aliphatic carbocycles. The average Bonchev–Trinajstić information content (AvgIpc) is 2.48. The zero-order chi connectivity index (χ0) is 8.55. The molecule has 0 bridgehead atoms. The number of nitrogens with one attached hydrogen (secondary N) is 1. The van der Waals surface area contributed by atoms with E-state index in [2.05, 4.69) is 16.9 Å². The summed E-state index contributed by atoms with van der Waals surface area (Å²) in [4.78, 5) is 7.21. The lowest BCUT2D eigenvalue weighted by Gasteiger charge is -1.98. The van der Waals surface area contributed by atoms with Gasteiger partial charge in [0.1, 0.15) is 5.52 Å². The number of rotatable bonds is 1. The van der Waals surface area contributed by atoms with E-state index in [1.54, 1.807) is 13.3 Å². The number of nitrogens with zero attached hydrogens (tertiary/aromatic N) is 1. The average molecular weight is 162 g/mol. The summed E-state index contributed by atoms with van der Waals surface area (Å²) in [6, 6.07) is 1.98. The van der Waals surface area contributed by atoms with Crippen molar-refractivity contribution < 1.29 is 4.74 Å². The zero-order valence-electron chi connectivity index (χ0n) is 7.09. The molecule has 0 radical (unpaired) electrons. The number of methoxy groups -OCH3 is 1. The molecule has 12 heavy (non-hydrogen) atoms. The number of ether oxygens (including phenoxy) is 1. The third-order valence-electron chi connectivity index (χ3n) is 1.97. The quantitative estimate of drug-likeness (QED) is 0.695. The predicted molar refractivity (Wildman–Crippen MR) is 47.4 cm³/mol. The van der Waals surface area contributed by atoms with E-state index in [-0.39, 0.29) is 0 Å². The first-order chi connectivity index (χ1) is 5.83. The molecule has 1 N–H and O–H groups in total. The number of H-pyrrole nitrogens is 1. The number of fused-ring (bicyclic) bond motifs is 1. The highest BCUT2D eigenvalue weighted by Crippen LogP contribution is 2.23. The Hall–Kier alpha value is -1.51. The second-order valence-electron chi connectivity index (χ2n) is 2.71. The Labute approximate surface area is 70.4 Å². The number of aryl methyl sites for hydroxylation is 1. The van der Waals surface area contributed by atoms with E-state index in [1.807, 2.05) is 12.3 Å². The molecule has 0 saturated carbocycles. The van der Waals surface area contributed by atoms with Crippen LogP contribution in [-0.4, -0.2) is 17.1 Å². The Kier molecular flexibility index (Phi) is 1.50. The molecular weight excluding hydrogens is 152 g/mol. The number of pyridine rings is 1. The normalized spacial score (nSPS) is 10.5. The van der Waals surface area contributed by atoms with Crippen LogP contribution in [0.25, 0.3) is 10.9 Å². The summed E-state index contributed by atoms with van der Waals surface area (Å²) in [6.45, 7) is 2.05. The topological polar surface area (TPSA) is 37.9 Å². The largest absolute Gasteiger partial charge is 0.479 e. The minimum atomic E-state index is 0.653. The summed E-state index contributed by atoms with van der Waals surface area (Å²) in [5.41, 5.74) is 2.18. The Bertz CT molecular complexity index is 406. The number of hydrogen-bond acceptors (Lipinski definition) is 2. The molecule has 2 aromatic rings. The number of hydrogen-bond donors (Lipinski definition) is 1. The standard InChI is InChI=1S/C9H10N2O/c1-6-5-11-8-7(6)3-4-10-9(8)12-2/h3-5,11H,1-2H3. The van der Waals surface area contributed by atoms with Gasteiger partial charge in [0.25, 0.3) is 0 Å². The summed E-state index contributed by atoms with van der Waals surface area (Å²) >= 11 is 0. The van der Waals surface area contributed by atoms with Crippen LogP contribution in [0.15, 0.2) is 18.5 Å². The molecule has 0 aliphatic heterocycles. The van der Waals surface area contributed by atoms with E-state index in [4.69, 9.17) is 4.74 Å². The Morgan fingerprint density at radius 3 is 3.08 bits per heavy atom. The summed E-state index contributed by atoms with van der Waals surface area (Å²) < 4.78 is 5.10. The first kappa shape index (κ1) is 7.16. The molecule has 0 saturated heterocycles. The zero-order valence-corrected chi connectivity index (χ0v) is 7.09. The van der Waals surface area contributed by atoms with Crippen LogP contribution >= 0.6 is 0 Å². The first-order valence-electron chi connectivity index (χ1n) is 3.79. The second-order valence-corrected chi connectivity index (χ2v) is 2.71. The number of aromatic nitrogens is 2. The first-order valence-corrected chi connectivity index (χ1v) is 3.79. The highest BCUT2D eigenvalue weighted by Gasteiger charge is 2.04. The molecule has 3 heteroatoms. The predicted octanol–water partition coefficient (Wildman–Crippen LogP) is 1.88. The molecule has 2 aromatic heterocycles. The molecule has 2 heterocycles. The molecule has 62 valence electrons. The van der Waals surface area contributed by atoms with E-state index in [0.717, 1.165) is 5.52 Å². The summed E-state index contributed by atoms with van der Waals surface area (Å²) in [5, 5.41) is 1.17.